The Hall–Kier alpha value is -1.06. The highest BCUT2D eigenvalue weighted by Crippen LogP contribution is 2.32. The minimum atomic E-state index is -0.458. The van der Waals surface area contributed by atoms with Crippen LogP contribution < -0.4 is 4.74 Å². The minimum Gasteiger partial charge on any atom is -0.497 e. The lowest BCUT2D eigenvalue weighted by atomic mass is 9.93. The van der Waals surface area contributed by atoms with E-state index in [0.29, 0.717) is 6.61 Å². The molecule has 0 radical (unpaired) electrons. The second-order valence-electron chi connectivity index (χ2n) is 4.36. The molecular formula is C13H18O3. The largest absolute Gasteiger partial charge is 0.497 e. The van der Waals surface area contributed by atoms with Gasteiger partial charge in [0.1, 0.15) is 5.75 Å². The molecule has 16 heavy (non-hydrogen) atoms. The lowest BCUT2D eigenvalue weighted by Crippen LogP contribution is -2.12. The fraction of sp³-hybridized carbons (Fsp3) is 0.538. The molecule has 1 aromatic rings. The topological polar surface area (TPSA) is 38.7 Å². The molecule has 88 valence electrons. The molecule has 3 unspecified atom stereocenters. The molecule has 0 spiro atoms. The Morgan fingerprint density at radius 1 is 1.50 bits per heavy atom. The Morgan fingerprint density at radius 3 is 2.94 bits per heavy atom. The van der Waals surface area contributed by atoms with Crippen LogP contribution in [0.3, 0.4) is 0 Å². The third-order valence-corrected chi connectivity index (χ3v) is 3.11. The van der Waals surface area contributed by atoms with Gasteiger partial charge < -0.3 is 14.6 Å². The summed E-state index contributed by atoms with van der Waals surface area (Å²) in [5, 5.41) is 10.2. The molecule has 1 saturated heterocycles. The van der Waals surface area contributed by atoms with Gasteiger partial charge >= 0.3 is 0 Å². The number of aliphatic hydroxyl groups excluding tert-OH is 1. The van der Waals surface area contributed by atoms with Crippen molar-refractivity contribution in [2.75, 3.05) is 13.7 Å². The molecule has 1 aliphatic heterocycles. The van der Waals surface area contributed by atoms with Gasteiger partial charge in [-0.25, -0.2) is 0 Å². The number of benzene rings is 1. The predicted molar refractivity (Wildman–Crippen MR) is 61.5 cm³/mol. The second-order valence-corrected chi connectivity index (χ2v) is 4.36. The molecule has 1 aromatic carbocycles. The zero-order chi connectivity index (χ0) is 11.5. The molecule has 1 heterocycles. The van der Waals surface area contributed by atoms with Crippen LogP contribution >= 0.6 is 0 Å². The smallest absolute Gasteiger partial charge is 0.119 e. The summed E-state index contributed by atoms with van der Waals surface area (Å²) in [7, 11) is 1.63. The molecule has 0 aliphatic carbocycles. The average molecular weight is 222 g/mol. The number of rotatable bonds is 3. The van der Waals surface area contributed by atoms with Gasteiger partial charge in [-0.1, -0.05) is 12.1 Å². The van der Waals surface area contributed by atoms with Crippen molar-refractivity contribution < 1.29 is 14.6 Å². The van der Waals surface area contributed by atoms with Crippen molar-refractivity contribution in [2.45, 2.75) is 25.6 Å². The summed E-state index contributed by atoms with van der Waals surface area (Å²) in [6.45, 7) is 2.68. The van der Waals surface area contributed by atoms with E-state index in [2.05, 4.69) is 0 Å². The Balaban J connectivity index is 2.10. The van der Waals surface area contributed by atoms with E-state index in [9.17, 15) is 5.11 Å². The summed E-state index contributed by atoms with van der Waals surface area (Å²) in [6, 6.07) is 7.59. The highest BCUT2D eigenvalue weighted by Gasteiger charge is 2.29. The van der Waals surface area contributed by atoms with Crippen LogP contribution in [0.5, 0.6) is 5.75 Å². The molecule has 3 atom stereocenters. The van der Waals surface area contributed by atoms with Crippen LogP contribution in [0.4, 0.5) is 0 Å². The Morgan fingerprint density at radius 2 is 2.31 bits per heavy atom. The Kier molecular flexibility index (Phi) is 3.46. The monoisotopic (exact) mass is 222 g/mol. The van der Waals surface area contributed by atoms with E-state index in [1.54, 1.807) is 7.11 Å². The number of ether oxygens (including phenoxy) is 2. The van der Waals surface area contributed by atoms with Crippen molar-refractivity contribution in [2.24, 2.45) is 5.92 Å². The van der Waals surface area contributed by atoms with Crippen molar-refractivity contribution in [1.29, 1.82) is 0 Å². The van der Waals surface area contributed by atoms with Gasteiger partial charge in [-0.2, -0.15) is 0 Å². The second kappa shape index (κ2) is 4.85. The number of aliphatic hydroxyl groups is 1. The van der Waals surface area contributed by atoms with E-state index in [-0.39, 0.29) is 12.0 Å². The van der Waals surface area contributed by atoms with Crippen LogP contribution in [0.15, 0.2) is 24.3 Å². The number of methoxy groups -OCH3 is 1. The van der Waals surface area contributed by atoms with Gasteiger partial charge in [0.25, 0.3) is 0 Å². The summed E-state index contributed by atoms with van der Waals surface area (Å²) in [6.07, 6.45) is 0.712. The van der Waals surface area contributed by atoms with Gasteiger partial charge in [0.15, 0.2) is 0 Å². The molecule has 1 N–H and O–H groups in total. The Bertz CT molecular complexity index is 351. The fourth-order valence-electron chi connectivity index (χ4n) is 2.17. The van der Waals surface area contributed by atoms with Gasteiger partial charge in [0.2, 0.25) is 0 Å². The van der Waals surface area contributed by atoms with Crippen LogP contribution in [-0.4, -0.2) is 24.9 Å². The first-order valence-corrected chi connectivity index (χ1v) is 5.64. The SMILES string of the molecule is COc1cccc(C(O)C2COC(C)C2)c1. The van der Waals surface area contributed by atoms with Crippen molar-refractivity contribution in [3.63, 3.8) is 0 Å². The zero-order valence-electron chi connectivity index (χ0n) is 9.72. The average Bonchev–Trinajstić information content (AvgIpc) is 2.75. The Labute approximate surface area is 96.0 Å². The quantitative estimate of drug-likeness (QED) is 0.851. The van der Waals surface area contributed by atoms with E-state index in [1.165, 1.54) is 0 Å². The normalized spacial score (nSPS) is 26.7. The van der Waals surface area contributed by atoms with E-state index < -0.39 is 6.10 Å². The first-order valence-electron chi connectivity index (χ1n) is 5.64. The maximum Gasteiger partial charge on any atom is 0.119 e. The third kappa shape index (κ3) is 2.36. The molecule has 0 bridgehead atoms. The molecule has 2 rings (SSSR count). The molecule has 0 amide bonds. The molecule has 3 nitrogen and oxygen atoms in total. The van der Waals surface area contributed by atoms with Crippen LogP contribution in [-0.2, 0) is 4.74 Å². The van der Waals surface area contributed by atoms with E-state index in [0.717, 1.165) is 17.7 Å². The molecule has 1 aliphatic rings. The highest BCUT2D eigenvalue weighted by molar-refractivity contribution is 5.30. The third-order valence-electron chi connectivity index (χ3n) is 3.11. The van der Waals surface area contributed by atoms with Crippen LogP contribution in [0.25, 0.3) is 0 Å². The number of hydrogen-bond acceptors (Lipinski definition) is 3. The maximum atomic E-state index is 10.2. The van der Waals surface area contributed by atoms with Crippen molar-refractivity contribution in [3.05, 3.63) is 29.8 Å². The fourth-order valence-corrected chi connectivity index (χ4v) is 2.17. The summed E-state index contributed by atoms with van der Waals surface area (Å²) in [5.41, 5.74) is 0.905. The van der Waals surface area contributed by atoms with Gasteiger partial charge in [-0.15, -0.1) is 0 Å². The van der Waals surface area contributed by atoms with E-state index in [4.69, 9.17) is 9.47 Å². The first kappa shape index (κ1) is 11.4. The van der Waals surface area contributed by atoms with Crippen LogP contribution in [0, 0.1) is 5.92 Å². The van der Waals surface area contributed by atoms with Crippen molar-refractivity contribution in [3.8, 4) is 5.75 Å². The summed E-state index contributed by atoms with van der Waals surface area (Å²) < 4.78 is 10.6. The first-order chi connectivity index (χ1) is 7.70. The molecule has 0 saturated carbocycles. The molecular weight excluding hydrogens is 204 g/mol. The zero-order valence-corrected chi connectivity index (χ0v) is 9.72. The summed E-state index contributed by atoms with van der Waals surface area (Å²) in [5.74, 6) is 0.977. The van der Waals surface area contributed by atoms with Gasteiger partial charge in [-0.3, -0.25) is 0 Å². The van der Waals surface area contributed by atoms with Crippen LogP contribution in [0.2, 0.25) is 0 Å². The summed E-state index contributed by atoms with van der Waals surface area (Å²) in [4.78, 5) is 0. The standard InChI is InChI=1S/C13H18O3/c1-9-6-11(8-16-9)13(14)10-4-3-5-12(7-10)15-2/h3-5,7,9,11,13-14H,6,8H2,1-2H3. The minimum absolute atomic E-state index is 0.196. The number of hydrogen-bond donors (Lipinski definition) is 1. The van der Waals surface area contributed by atoms with Crippen molar-refractivity contribution >= 4 is 0 Å². The van der Waals surface area contributed by atoms with Gasteiger partial charge in [0.05, 0.1) is 25.9 Å². The van der Waals surface area contributed by atoms with Crippen molar-refractivity contribution in [1.82, 2.24) is 0 Å². The highest BCUT2D eigenvalue weighted by atomic mass is 16.5. The van der Waals surface area contributed by atoms with Gasteiger partial charge in [0, 0.05) is 5.92 Å². The molecule has 1 fully saturated rings. The van der Waals surface area contributed by atoms with Gasteiger partial charge in [-0.05, 0) is 31.0 Å². The predicted octanol–water partition coefficient (Wildman–Crippen LogP) is 2.15. The lowest BCUT2D eigenvalue weighted by Gasteiger charge is -2.17. The lowest BCUT2D eigenvalue weighted by molar-refractivity contribution is 0.0803. The van der Waals surface area contributed by atoms with E-state index in [1.807, 2.05) is 31.2 Å². The van der Waals surface area contributed by atoms with Crippen LogP contribution in [0.1, 0.15) is 25.0 Å². The molecule has 3 heteroatoms. The maximum absolute atomic E-state index is 10.2. The molecule has 0 aromatic heterocycles. The summed E-state index contributed by atoms with van der Waals surface area (Å²) >= 11 is 0. The van der Waals surface area contributed by atoms with E-state index >= 15 is 0 Å².